The summed E-state index contributed by atoms with van der Waals surface area (Å²) in [6.07, 6.45) is 1.65. The second kappa shape index (κ2) is 10.3. The minimum Gasteiger partial charge on any atom is -0.494 e. The molecule has 2 aromatic carbocycles. The molecule has 8 heteroatoms. The van der Waals surface area contributed by atoms with Crippen LogP contribution in [0.2, 0.25) is 5.02 Å². The molecule has 0 bridgehead atoms. The Bertz CT molecular complexity index is 1020. The predicted octanol–water partition coefficient (Wildman–Crippen LogP) is 4.77. The average Bonchev–Trinajstić information content (AvgIpc) is 3.16. The van der Waals surface area contributed by atoms with E-state index >= 15 is 0 Å². The maximum atomic E-state index is 12.3. The molecule has 0 saturated heterocycles. The molecule has 6 nitrogen and oxygen atoms in total. The Morgan fingerprint density at radius 1 is 1.30 bits per heavy atom. The van der Waals surface area contributed by atoms with Crippen molar-refractivity contribution in [3.05, 3.63) is 66.2 Å². The van der Waals surface area contributed by atoms with Gasteiger partial charge in [0.15, 0.2) is 11.0 Å². The van der Waals surface area contributed by atoms with Crippen molar-refractivity contribution in [3.63, 3.8) is 0 Å². The first-order chi connectivity index (χ1) is 14.5. The second-order valence-corrected chi connectivity index (χ2v) is 8.12. The van der Waals surface area contributed by atoms with Gasteiger partial charge >= 0.3 is 0 Å². The third-order valence-electron chi connectivity index (χ3n) is 4.19. The standard InChI is InChI=1S/C22H23ClN4O2S/c1-4-13-24-21(28)15(3)30-22-26-25-20(16-7-6-8-17(23)14-16)27(22)18-9-11-19(12-10-18)29-5-2/h4,6-12,14-15H,1,5,13H2,2-3H3,(H,24,28). The molecule has 30 heavy (non-hydrogen) atoms. The lowest BCUT2D eigenvalue weighted by molar-refractivity contribution is -0.120. The Morgan fingerprint density at radius 2 is 2.07 bits per heavy atom. The molecule has 156 valence electrons. The number of aromatic nitrogens is 3. The van der Waals surface area contributed by atoms with Crippen molar-refractivity contribution >= 4 is 29.3 Å². The van der Waals surface area contributed by atoms with E-state index in [0.29, 0.717) is 29.2 Å². The molecule has 1 unspecified atom stereocenters. The van der Waals surface area contributed by atoms with Crippen LogP contribution in [0.15, 0.2) is 66.3 Å². The maximum Gasteiger partial charge on any atom is 0.233 e. The normalized spacial score (nSPS) is 11.7. The van der Waals surface area contributed by atoms with Gasteiger partial charge in [-0.3, -0.25) is 9.36 Å². The van der Waals surface area contributed by atoms with E-state index in [4.69, 9.17) is 16.3 Å². The number of ether oxygens (including phenoxy) is 1. The monoisotopic (exact) mass is 442 g/mol. The van der Waals surface area contributed by atoms with Crippen LogP contribution in [0.1, 0.15) is 13.8 Å². The molecule has 0 spiro atoms. The van der Waals surface area contributed by atoms with Gasteiger partial charge in [0.2, 0.25) is 5.91 Å². The van der Waals surface area contributed by atoms with Gasteiger partial charge < -0.3 is 10.1 Å². The molecule has 1 atom stereocenters. The van der Waals surface area contributed by atoms with Gasteiger partial charge in [0.25, 0.3) is 0 Å². The highest BCUT2D eigenvalue weighted by molar-refractivity contribution is 8.00. The van der Waals surface area contributed by atoms with E-state index in [1.807, 2.05) is 66.9 Å². The zero-order valence-corrected chi connectivity index (χ0v) is 18.4. The number of rotatable bonds is 9. The lowest BCUT2D eigenvalue weighted by Gasteiger charge is -2.14. The molecule has 0 aliphatic rings. The molecule has 0 radical (unpaired) electrons. The average molecular weight is 443 g/mol. The summed E-state index contributed by atoms with van der Waals surface area (Å²) in [4.78, 5) is 12.3. The van der Waals surface area contributed by atoms with Gasteiger partial charge in [-0.1, -0.05) is 41.6 Å². The summed E-state index contributed by atoms with van der Waals surface area (Å²) in [5.41, 5.74) is 1.69. The van der Waals surface area contributed by atoms with Gasteiger partial charge in [-0.2, -0.15) is 0 Å². The Morgan fingerprint density at radius 3 is 2.73 bits per heavy atom. The molecule has 0 saturated carbocycles. The van der Waals surface area contributed by atoms with Gasteiger partial charge in [0.1, 0.15) is 5.75 Å². The van der Waals surface area contributed by atoms with Crippen molar-refractivity contribution in [3.8, 4) is 22.8 Å². The van der Waals surface area contributed by atoms with E-state index < -0.39 is 0 Å². The highest BCUT2D eigenvalue weighted by Gasteiger charge is 2.21. The molecule has 0 aliphatic heterocycles. The number of thioether (sulfide) groups is 1. The minimum atomic E-state index is -0.359. The van der Waals surface area contributed by atoms with Crippen LogP contribution in [0.5, 0.6) is 5.75 Å². The van der Waals surface area contributed by atoms with E-state index in [-0.39, 0.29) is 11.2 Å². The fourth-order valence-corrected chi connectivity index (χ4v) is 3.86. The fraction of sp³-hybridized carbons (Fsp3) is 0.227. The molecule has 1 amide bonds. The summed E-state index contributed by atoms with van der Waals surface area (Å²) in [5, 5.41) is 12.4. The first-order valence-electron chi connectivity index (χ1n) is 9.53. The highest BCUT2D eigenvalue weighted by atomic mass is 35.5. The van der Waals surface area contributed by atoms with Crippen molar-refractivity contribution in [1.82, 2.24) is 20.1 Å². The van der Waals surface area contributed by atoms with Crippen LogP contribution >= 0.6 is 23.4 Å². The number of nitrogens with one attached hydrogen (secondary N) is 1. The lowest BCUT2D eigenvalue weighted by Crippen LogP contribution is -2.31. The molecule has 0 fully saturated rings. The molecule has 1 N–H and O–H groups in total. The molecule has 3 aromatic rings. The van der Waals surface area contributed by atoms with Crippen LogP contribution in [0.4, 0.5) is 0 Å². The summed E-state index contributed by atoms with van der Waals surface area (Å²) < 4.78 is 7.47. The number of carbonyl (C=O) groups is 1. The molecule has 1 heterocycles. The summed E-state index contributed by atoms with van der Waals surface area (Å²) >= 11 is 7.53. The van der Waals surface area contributed by atoms with Crippen molar-refractivity contribution in [2.45, 2.75) is 24.3 Å². The van der Waals surface area contributed by atoms with Crippen molar-refractivity contribution in [2.75, 3.05) is 13.2 Å². The molecule has 1 aromatic heterocycles. The third-order valence-corrected chi connectivity index (χ3v) is 5.47. The Hall–Kier alpha value is -2.77. The maximum absolute atomic E-state index is 12.3. The van der Waals surface area contributed by atoms with Crippen molar-refractivity contribution in [2.24, 2.45) is 0 Å². The van der Waals surface area contributed by atoms with Crippen molar-refractivity contribution < 1.29 is 9.53 Å². The molecular formula is C22H23ClN4O2S. The van der Waals surface area contributed by atoms with E-state index in [9.17, 15) is 4.79 Å². The van der Waals surface area contributed by atoms with Crippen LogP contribution in [0.25, 0.3) is 17.1 Å². The molecular weight excluding hydrogens is 420 g/mol. The topological polar surface area (TPSA) is 69.0 Å². The molecule has 0 aliphatic carbocycles. The van der Waals surface area contributed by atoms with E-state index in [1.54, 1.807) is 6.08 Å². The number of carbonyl (C=O) groups excluding carboxylic acids is 1. The number of nitrogens with zero attached hydrogens (tertiary/aromatic N) is 3. The Labute approximate surface area is 185 Å². The number of hydrogen-bond acceptors (Lipinski definition) is 5. The number of benzene rings is 2. The van der Waals surface area contributed by atoms with Gasteiger partial charge in [0, 0.05) is 22.8 Å². The largest absolute Gasteiger partial charge is 0.494 e. The van der Waals surface area contributed by atoms with Gasteiger partial charge in [-0.15, -0.1) is 16.8 Å². The van der Waals surface area contributed by atoms with Crippen LogP contribution in [0, 0.1) is 0 Å². The number of amides is 1. The fourth-order valence-electron chi connectivity index (χ4n) is 2.78. The van der Waals surface area contributed by atoms with Crippen LogP contribution in [-0.2, 0) is 4.79 Å². The number of halogens is 1. The van der Waals surface area contributed by atoms with Crippen molar-refractivity contribution in [1.29, 1.82) is 0 Å². The Balaban J connectivity index is 2.00. The first-order valence-corrected chi connectivity index (χ1v) is 10.8. The van der Waals surface area contributed by atoms with Crippen LogP contribution in [-0.4, -0.2) is 39.1 Å². The lowest BCUT2D eigenvalue weighted by atomic mass is 10.2. The smallest absolute Gasteiger partial charge is 0.233 e. The zero-order valence-electron chi connectivity index (χ0n) is 16.8. The minimum absolute atomic E-state index is 0.0922. The van der Waals surface area contributed by atoms with Crippen LogP contribution in [0.3, 0.4) is 0 Å². The summed E-state index contributed by atoms with van der Waals surface area (Å²) in [6, 6.07) is 15.1. The van der Waals surface area contributed by atoms with Crippen LogP contribution < -0.4 is 10.1 Å². The summed E-state index contributed by atoms with van der Waals surface area (Å²) in [5.74, 6) is 1.33. The van der Waals surface area contributed by atoms with Gasteiger partial charge in [0.05, 0.1) is 11.9 Å². The third kappa shape index (κ3) is 5.23. The zero-order chi connectivity index (χ0) is 21.5. The predicted molar refractivity (Wildman–Crippen MR) is 121 cm³/mol. The van der Waals surface area contributed by atoms with E-state index in [1.165, 1.54) is 11.8 Å². The molecule has 3 rings (SSSR count). The first kappa shape index (κ1) is 21.9. The quantitative estimate of drug-likeness (QED) is 0.382. The highest BCUT2D eigenvalue weighted by Crippen LogP contribution is 2.31. The van der Waals surface area contributed by atoms with Gasteiger partial charge in [-0.25, -0.2) is 0 Å². The summed E-state index contributed by atoms with van der Waals surface area (Å²) in [6.45, 7) is 8.42. The second-order valence-electron chi connectivity index (χ2n) is 6.37. The number of hydrogen-bond donors (Lipinski definition) is 1. The SMILES string of the molecule is C=CCNC(=O)C(C)Sc1nnc(-c2cccc(Cl)c2)n1-c1ccc(OCC)cc1. The Kier molecular flexibility index (Phi) is 7.54. The van der Waals surface area contributed by atoms with E-state index in [2.05, 4.69) is 22.1 Å². The van der Waals surface area contributed by atoms with Gasteiger partial charge in [-0.05, 0) is 50.2 Å². The van der Waals surface area contributed by atoms with E-state index in [0.717, 1.165) is 17.0 Å². The summed E-state index contributed by atoms with van der Waals surface area (Å²) in [7, 11) is 0.